The standard InChI is InChI=1S/C26H25NO2/c1-18-13-15-19(16-14-18)24-23(26(29)21-11-7-4-8-12-21)22(17-27(24)2)25(28)20-9-5-3-6-10-20/h3-16,22-24H,17H2,1-2H3/p+1/t22-,23+,24-/m0/s1. The van der Waals surface area contributed by atoms with Crippen LogP contribution >= 0.6 is 0 Å². The summed E-state index contributed by atoms with van der Waals surface area (Å²) in [5.41, 5.74) is 3.66. The number of aryl methyl sites for hydroxylation is 1. The van der Waals surface area contributed by atoms with Gasteiger partial charge in [0.25, 0.3) is 0 Å². The fraction of sp³-hybridized carbons (Fsp3) is 0.231. The molecule has 0 radical (unpaired) electrons. The highest BCUT2D eigenvalue weighted by molar-refractivity contribution is 6.05. The van der Waals surface area contributed by atoms with Gasteiger partial charge in [0.1, 0.15) is 6.04 Å². The van der Waals surface area contributed by atoms with E-state index in [0.29, 0.717) is 17.7 Å². The Hall–Kier alpha value is -3.04. The minimum Gasteiger partial charge on any atom is -0.330 e. The van der Waals surface area contributed by atoms with E-state index in [1.54, 1.807) is 0 Å². The van der Waals surface area contributed by atoms with Crippen LogP contribution in [0.3, 0.4) is 0 Å². The molecule has 1 heterocycles. The summed E-state index contributed by atoms with van der Waals surface area (Å²) in [6.07, 6.45) is 0. The zero-order valence-electron chi connectivity index (χ0n) is 16.8. The van der Waals surface area contributed by atoms with E-state index in [4.69, 9.17) is 0 Å². The highest BCUT2D eigenvalue weighted by Gasteiger charge is 2.51. The summed E-state index contributed by atoms with van der Waals surface area (Å²) >= 11 is 0. The van der Waals surface area contributed by atoms with Gasteiger partial charge in [-0.2, -0.15) is 0 Å². The van der Waals surface area contributed by atoms with Gasteiger partial charge in [0.15, 0.2) is 11.6 Å². The molecule has 0 aliphatic carbocycles. The number of carbonyl (C=O) groups excluding carboxylic acids is 2. The normalized spacial score (nSPS) is 23.7. The molecule has 146 valence electrons. The maximum absolute atomic E-state index is 13.6. The van der Waals surface area contributed by atoms with Crippen molar-refractivity contribution in [2.75, 3.05) is 13.6 Å². The second-order valence-corrected chi connectivity index (χ2v) is 8.03. The largest absolute Gasteiger partial charge is 0.330 e. The zero-order chi connectivity index (χ0) is 20.4. The molecule has 0 spiro atoms. The van der Waals surface area contributed by atoms with Crippen LogP contribution in [0.2, 0.25) is 0 Å². The number of ketones is 2. The summed E-state index contributed by atoms with van der Waals surface area (Å²) in [6, 6.07) is 27.1. The fourth-order valence-electron chi connectivity index (χ4n) is 4.61. The minimum atomic E-state index is -0.382. The van der Waals surface area contributed by atoms with E-state index < -0.39 is 0 Å². The highest BCUT2D eigenvalue weighted by atomic mass is 16.1. The van der Waals surface area contributed by atoms with Gasteiger partial charge in [0, 0.05) is 16.7 Å². The predicted molar refractivity (Wildman–Crippen MR) is 114 cm³/mol. The number of hydrogen-bond donors (Lipinski definition) is 1. The van der Waals surface area contributed by atoms with Crippen LogP contribution in [0.25, 0.3) is 0 Å². The van der Waals surface area contributed by atoms with Gasteiger partial charge >= 0.3 is 0 Å². The molecule has 3 nitrogen and oxygen atoms in total. The number of hydrogen-bond acceptors (Lipinski definition) is 2. The Kier molecular flexibility index (Phi) is 5.41. The number of likely N-dealkylation sites (tertiary alicyclic amines) is 1. The molecule has 1 N–H and O–H groups in total. The van der Waals surface area contributed by atoms with Crippen molar-refractivity contribution in [3.8, 4) is 0 Å². The predicted octanol–water partition coefficient (Wildman–Crippen LogP) is 3.56. The molecular formula is C26H26NO2+. The van der Waals surface area contributed by atoms with Crippen molar-refractivity contribution in [1.29, 1.82) is 0 Å². The Labute approximate surface area is 172 Å². The number of quaternary nitrogens is 1. The van der Waals surface area contributed by atoms with E-state index in [2.05, 4.69) is 38.2 Å². The third kappa shape index (κ3) is 3.79. The first-order valence-electron chi connectivity index (χ1n) is 10.1. The molecule has 1 unspecified atom stereocenters. The molecule has 4 rings (SSSR count). The molecule has 0 saturated carbocycles. The van der Waals surface area contributed by atoms with E-state index in [0.717, 1.165) is 5.56 Å². The topological polar surface area (TPSA) is 38.6 Å². The SMILES string of the molecule is Cc1ccc([C@H]2[C@H](C(=O)c3ccccc3)[C@@H](C(=O)c3ccccc3)C[NH+]2C)cc1. The van der Waals surface area contributed by atoms with Gasteiger partial charge in [-0.15, -0.1) is 0 Å². The van der Waals surface area contributed by atoms with E-state index in [1.165, 1.54) is 10.5 Å². The van der Waals surface area contributed by atoms with Crippen molar-refractivity contribution in [1.82, 2.24) is 0 Å². The highest BCUT2D eigenvalue weighted by Crippen LogP contribution is 2.35. The second kappa shape index (κ2) is 8.14. The molecule has 1 saturated heterocycles. The molecule has 1 aliphatic rings. The van der Waals surface area contributed by atoms with Crippen molar-refractivity contribution in [2.45, 2.75) is 13.0 Å². The van der Waals surface area contributed by atoms with Crippen LogP contribution < -0.4 is 4.90 Å². The van der Waals surface area contributed by atoms with E-state index >= 15 is 0 Å². The molecule has 0 bridgehead atoms. The average molecular weight is 384 g/mol. The molecule has 0 aromatic heterocycles. The lowest BCUT2D eigenvalue weighted by Crippen LogP contribution is -3.07. The summed E-state index contributed by atoms with van der Waals surface area (Å²) in [5, 5.41) is 0. The number of carbonyl (C=O) groups is 2. The molecule has 3 aromatic carbocycles. The van der Waals surface area contributed by atoms with E-state index in [-0.39, 0.29) is 29.4 Å². The summed E-state index contributed by atoms with van der Waals surface area (Å²) in [5.74, 6) is -0.597. The Bertz CT molecular complexity index is 996. The number of rotatable bonds is 5. The summed E-state index contributed by atoms with van der Waals surface area (Å²) in [6.45, 7) is 2.71. The lowest BCUT2D eigenvalue weighted by atomic mass is 9.78. The van der Waals surface area contributed by atoms with Crippen molar-refractivity contribution in [3.05, 3.63) is 107 Å². The van der Waals surface area contributed by atoms with Crippen molar-refractivity contribution in [3.63, 3.8) is 0 Å². The minimum absolute atomic E-state index is 0.0408. The van der Waals surface area contributed by atoms with Gasteiger partial charge in [-0.1, -0.05) is 90.5 Å². The fourth-order valence-corrected chi connectivity index (χ4v) is 4.61. The summed E-state index contributed by atoms with van der Waals surface area (Å²) in [4.78, 5) is 28.2. The van der Waals surface area contributed by atoms with E-state index in [1.807, 2.05) is 60.7 Å². The van der Waals surface area contributed by atoms with Crippen LogP contribution in [0, 0.1) is 18.8 Å². The van der Waals surface area contributed by atoms with Crippen molar-refractivity contribution < 1.29 is 14.5 Å². The van der Waals surface area contributed by atoms with Crippen LogP contribution in [0.4, 0.5) is 0 Å². The third-order valence-electron chi connectivity index (χ3n) is 6.06. The first-order valence-corrected chi connectivity index (χ1v) is 10.1. The zero-order valence-corrected chi connectivity index (χ0v) is 16.8. The molecule has 29 heavy (non-hydrogen) atoms. The lowest BCUT2D eigenvalue weighted by Gasteiger charge is -2.23. The third-order valence-corrected chi connectivity index (χ3v) is 6.06. The van der Waals surface area contributed by atoms with Crippen LogP contribution in [0.1, 0.15) is 37.9 Å². The Morgan fingerprint density at radius 3 is 1.83 bits per heavy atom. The first kappa shape index (κ1) is 19.3. The lowest BCUT2D eigenvalue weighted by molar-refractivity contribution is -0.900. The second-order valence-electron chi connectivity index (χ2n) is 8.03. The molecule has 3 heteroatoms. The molecule has 0 amide bonds. The van der Waals surface area contributed by atoms with Gasteiger partial charge < -0.3 is 4.90 Å². The molecule has 4 atom stereocenters. The maximum atomic E-state index is 13.6. The van der Waals surface area contributed by atoms with Crippen LogP contribution in [-0.4, -0.2) is 25.2 Å². The maximum Gasteiger partial charge on any atom is 0.173 e. The Morgan fingerprint density at radius 1 is 0.759 bits per heavy atom. The first-order chi connectivity index (χ1) is 14.1. The molecule has 3 aromatic rings. The van der Waals surface area contributed by atoms with Gasteiger partial charge in [-0.25, -0.2) is 0 Å². The summed E-state index contributed by atoms with van der Waals surface area (Å²) < 4.78 is 0. The van der Waals surface area contributed by atoms with Gasteiger partial charge in [-0.3, -0.25) is 9.59 Å². The Morgan fingerprint density at radius 2 is 1.28 bits per heavy atom. The monoisotopic (exact) mass is 384 g/mol. The number of benzene rings is 3. The quantitative estimate of drug-likeness (QED) is 0.683. The summed E-state index contributed by atoms with van der Waals surface area (Å²) in [7, 11) is 2.09. The van der Waals surface area contributed by atoms with Crippen molar-refractivity contribution >= 4 is 11.6 Å². The number of nitrogens with one attached hydrogen (secondary N) is 1. The number of Topliss-reactive ketones (excluding diaryl/α,β-unsaturated/α-hetero) is 2. The Balaban J connectivity index is 1.77. The molecule has 1 fully saturated rings. The van der Waals surface area contributed by atoms with Crippen LogP contribution in [-0.2, 0) is 0 Å². The van der Waals surface area contributed by atoms with Gasteiger partial charge in [-0.05, 0) is 6.92 Å². The smallest absolute Gasteiger partial charge is 0.173 e. The van der Waals surface area contributed by atoms with Crippen LogP contribution in [0.15, 0.2) is 84.9 Å². The van der Waals surface area contributed by atoms with E-state index in [9.17, 15) is 9.59 Å². The van der Waals surface area contributed by atoms with Gasteiger partial charge in [0.05, 0.1) is 25.4 Å². The van der Waals surface area contributed by atoms with Crippen molar-refractivity contribution in [2.24, 2.45) is 11.8 Å². The van der Waals surface area contributed by atoms with Gasteiger partial charge in [0.2, 0.25) is 0 Å². The molecular weight excluding hydrogens is 358 g/mol. The van der Waals surface area contributed by atoms with Crippen LogP contribution in [0.5, 0.6) is 0 Å². The average Bonchev–Trinajstić information content (AvgIpc) is 3.11. The molecule has 1 aliphatic heterocycles.